The lowest BCUT2D eigenvalue weighted by atomic mass is 9.77. The van der Waals surface area contributed by atoms with Crippen LogP contribution < -0.4 is 5.73 Å². The van der Waals surface area contributed by atoms with Crippen molar-refractivity contribution in [2.75, 3.05) is 12.3 Å². The van der Waals surface area contributed by atoms with E-state index in [1.165, 1.54) is 16.2 Å². The average molecular weight is 464 g/mol. The third kappa shape index (κ3) is 3.64. The van der Waals surface area contributed by atoms with Crippen LogP contribution in [-0.2, 0) is 9.59 Å². The summed E-state index contributed by atoms with van der Waals surface area (Å²) in [5.41, 5.74) is 6.23. The van der Waals surface area contributed by atoms with Gasteiger partial charge in [0.05, 0.1) is 28.8 Å². The molecule has 4 heterocycles. The van der Waals surface area contributed by atoms with Gasteiger partial charge >= 0.3 is 5.97 Å². The lowest BCUT2D eigenvalue weighted by Crippen LogP contribution is -2.63. The molecule has 0 unspecified atom stereocenters. The number of nitrogens with two attached hydrogens (primary N) is 1. The Morgan fingerprint density at radius 3 is 2.87 bits per heavy atom. The molecule has 2 aromatic heterocycles. The number of carboxylic acid groups (broad SMARTS) is 1. The van der Waals surface area contributed by atoms with Crippen molar-refractivity contribution in [2.24, 2.45) is 22.6 Å². The van der Waals surface area contributed by atoms with Gasteiger partial charge in [0.1, 0.15) is 21.9 Å². The van der Waals surface area contributed by atoms with Crippen molar-refractivity contribution < 1.29 is 19.8 Å². The van der Waals surface area contributed by atoms with Crippen LogP contribution in [0.5, 0.6) is 0 Å². The number of aliphatic imine (C=N–C) groups is 1. The van der Waals surface area contributed by atoms with Crippen LogP contribution in [-0.4, -0.2) is 66.7 Å². The van der Waals surface area contributed by atoms with Crippen molar-refractivity contribution in [3.8, 4) is 0 Å². The van der Waals surface area contributed by atoms with Gasteiger partial charge < -0.3 is 20.8 Å². The molecule has 0 bridgehead atoms. The van der Waals surface area contributed by atoms with E-state index in [-0.39, 0.29) is 23.6 Å². The number of aliphatic hydroxyl groups is 1. The fourth-order valence-electron chi connectivity index (χ4n) is 4.38. The predicted octanol–water partition coefficient (Wildman–Crippen LogP) is 1.91. The zero-order valence-electron chi connectivity index (χ0n) is 17.5. The Balaban J connectivity index is 1.61. The van der Waals surface area contributed by atoms with Gasteiger partial charge in [-0.15, -0.1) is 23.1 Å². The van der Waals surface area contributed by atoms with Crippen LogP contribution >= 0.6 is 23.1 Å². The van der Waals surface area contributed by atoms with Crippen LogP contribution in [0.25, 0.3) is 10.4 Å². The summed E-state index contributed by atoms with van der Waals surface area (Å²) in [6.07, 6.45) is 3.66. The second kappa shape index (κ2) is 8.29. The van der Waals surface area contributed by atoms with Gasteiger partial charge in [-0.3, -0.25) is 14.2 Å². The second-order valence-electron chi connectivity index (χ2n) is 7.90. The highest BCUT2D eigenvalue weighted by molar-refractivity contribution is 7.99. The van der Waals surface area contributed by atoms with Crippen LogP contribution in [0.4, 0.5) is 0 Å². The largest absolute Gasteiger partial charge is 0.477 e. The number of imidazole rings is 1. The fourth-order valence-corrected chi connectivity index (χ4v) is 6.61. The van der Waals surface area contributed by atoms with Crippen molar-refractivity contribution in [1.82, 2.24) is 14.3 Å². The molecule has 1 fully saturated rings. The molecule has 0 aromatic carbocycles. The molecule has 0 saturated carbocycles. The minimum absolute atomic E-state index is 0.0288. The number of amides is 1. The first-order chi connectivity index (χ1) is 14.7. The minimum Gasteiger partial charge on any atom is -0.477 e. The van der Waals surface area contributed by atoms with Gasteiger partial charge in [-0.1, -0.05) is 6.92 Å². The van der Waals surface area contributed by atoms with Crippen LogP contribution in [0.15, 0.2) is 28.2 Å². The van der Waals surface area contributed by atoms with Crippen molar-refractivity contribution >= 4 is 51.2 Å². The zero-order valence-corrected chi connectivity index (χ0v) is 19.1. The van der Waals surface area contributed by atoms with Gasteiger partial charge in [-0.05, 0) is 20.3 Å². The lowest BCUT2D eigenvalue weighted by Gasteiger charge is -2.46. The van der Waals surface area contributed by atoms with Gasteiger partial charge in [-0.2, -0.15) is 0 Å². The van der Waals surface area contributed by atoms with Crippen LogP contribution in [0.1, 0.15) is 32.1 Å². The highest BCUT2D eigenvalue weighted by atomic mass is 32.2. The Kier molecular flexibility index (Phi) is 5.84. The molecule has 2 aliphatic rings. The zero-order chi connectivity index (χ0) is 22.4. The number of aromatic nitrogens is 2. The van der Waals surface area contributed by atoms with E-state index < -0.39 is 18.0 Å². The normalized spacial score (nSPS) is 24.6. The highest BCUT2D eigenvalue weighted by Crippen LogP contribution is 2.51. The van der Waals surface area contributed by atoms with Crippen molar-refractivity contribution in [1.29, 1.82) is 0 Å². The van der Waals surface area contributed by atoms with Crippen molar-refractivity contribution in [2.45, 2.75) is 44.4 Å². The summed E-state index contributed by atoms with van der Waals surface area (Å²) in [5.74, 6) is -0.782. The van der Waals surface area contributed by atoms with Crippen molar-refractivity contribution in [3.63, 3.8) is 0 Å². The summed E-state index contributed by atoms with van der Waals surface area (Å²) in [7, 11) is 0. The molecule has 2 aliphatic heterocycles. The number of β-lactam (4-membered cyclic amide) rings is 1. The summed E-state index contributed by atoms with van der Waals surface area (Å²) in [6.45, 7) is 5.94. The number of hydrogen-bond donors (Lipinski definition) is 3. The summed E-state index contributed by atoms with van der Waals surface area (Å²) in [4.78, 5) is 36.4. The maximum absolute atomic E-state index is 12.5. The summed E-state index contributed by atoms with van der Waals surface area (Å²) in [5, 5.41) is 20.8. The molecule has 0 aliphatic carbocycles. The van der Waals surface area contributed by atoms with E-state index in [2.05, 4.69) is 9.98 Å². The molecule has 4 rings (SSSR count). The molecule has 1 amide bonds. The first-order valence-electron chi connectivity index (χ1n) is 10.1. The van der Waals surface area contributed by atoms with Gasteiger partial charge in [0.2, 0.25) is 5.91 Å². The topological polar surface area (TPSA) is 134 Å². The second-order valence-corrected chi connectivity index (χ2v) is 10.0. The van der Waals surface area contributed by atoms with E-state index in [4.69, 9.17) is 5.73 Å². The molecule has 2 aromatic rings. The molecule has 4 atom stereocenters. The molecule has 4 N–H and O–H groups in total. The number of nitrogens with zero attached hydrogens (tertiary/aromatic N) is 4. The average Bonchev–Trinajstić information content (AvgIpc) is 3.31. The minimum atomic E-state index is -1.12. The molecule has 166 valence electrons. The van der Waals surface area contributed by atoms with E-state index in [0.29, 0.717) is 18.0 Å². The smallest absolute Gasteiger partial charge is 0.352 e. The third-order valence-corrected chi connectivity index (χ3v) is 8.06. The van der Waals surface area contributed by atoms with Gasteiger partial charge in [0.25, 0.3) is 0 Å². The number of hydrogen-bond acceptors (Lipinski definition) is 7. The Morgan fingerprint density at radius 2 is 2.23 bits per heavy atom. The number of carbonyl (C=O) groups excluding carboxylic acids is 1. The van der Waals surface area contributed by atoms with E-state index in [0.717, 1.165) is 26.9 Å². The van der Waals surface area contributed by atoms with Gasteiger partial charge in [0.15, 0.2) is 0 Å². The Hall–Kier alpha value is -2.37. The number of rotatable bonds is 8. The number of thioether (sulfide) groups is 1. The summed E-state index contributed by atoms with van der Waals surface area (Å²) >= 11 is 3.10. The number of carboxylic acids is 1. The van der Waals surface area contributed by atoms with E-state index >= 15 is 0 Å². The number of amidine groups is 1. The van der Waals surface area contributed by atoms with Gasteiger partial charge in [-0.25, -0.2) is 9.78 Å². The number of aliphatic hydroxyl groups excluding tert-OH is 1. The SMILES string of the molecule is CC(N)=NCCCSc1ncn2cc(C3=C(C(=O)O)N4C(=O)[C@H]([C@@H](C)O)[C@H]4[C@H]3C)sc12. The van der Waals surface area contributed by atoms with E-state index in [1.54, 1.807) is 31.9 Å². The number of aliphatic carboxylic acids is 1. The summed E-state index contributed by atoms with van der Waals surface area (Å²) < 4.78 is 1.90. The number of thiazole rings is 1. The van der Waals surface area contributed by atoms with Gasteiger partial charge in [0, 0.05) is 30.0 Å². The molecular weight excluding hydrogens is 438 g/mol. The maximum atomic E-state index is 12.5. The Bertz CT molecular complexity index is 1100. The highest BCUT2D eigenvalue weighted by Gasteiger charge is 2.60. The van der Waals surface area contributed by atoms with Crippen LogP contribution in [0.3, 0.4) is 0 Å². The van der Waals surface area contributed by atoms with E-state index in [1.807, 2.05) is 17.5 Å². The fraction of sp³-hybridized carbons (Fsp3) is 0.500. The standard InChI is InChI=1S/C20H25N5O4S2/c1-9-13(16(20(28)29)25-15(9)14(10(2)26)18(25)27)12-7-24-8-23-17(19(24)31-12)30-6-4-5-22-11(3)21/h7-10,14-15,26H,4-6H2,1-3H3,(H2,21,22)(H,28,29)/t9-,10+,14+,15+/m0/s1. The van der Waals surface area contributed by atoms with Crippen molar-refractivity contribution in [3.05, 3.63) is 23.1 Å². The number of carbonyl (C=O) groups is 2. The monoisotopic (exact) mass is 463 g/mol. The quantitative estimate of drug-likeness (QED) is 0.179. The molecule has 1 saturated heterocycles. The Morgan fingerprint density at radius 1 is 1.48 bits per heavy atom. The molecule has 11 heteroatoms. The van der Waals surface area contributed by atoms with Crippen LogP contribution in [0.2, 0.25) is 0 Å². The van der Waals surface area contributed by atoms with E-state index in [9.17, 15) is 19.8 Å². The Labute approximate surface area is 187 Å². The first kappa shape index (κ1) is 21.8. The third-order valence-electron chi connectivity index (χ3n) is 5.72. The predicted molar refractivity (Wildman–Crippen MR) is 120 cm³/mol. The molecule has 0 spiro atoms. The van der Waals surface area contributed by atoms with Crippen LogP contribution in [0, 0.1) is 11.8 Å². The number of fused-ring (bicyclic) bond motifs is 2. The first-order valence-corrected chi connectivity index (χ1v) is 11.9. The molecule has 0 radical (unpaired) electrons. The molecule has 31 heavy (non-hydrogen) atoms. The molecular formula is C20H25N5O4S2. The summed E-state index contributed by atoms with van der Waals surface area (Å²) in [6, 6.07) is -0.325. The molecule has 9 nitrogen and oxygen atoms in total. The maximum Gasteiger partial charge on any atom is 0.352 e. The lowest BCUT2D eigenvalue weighted by molar-refractivity contribution is -0.163.